The van der Waals surface area contributed by atoms with E-state index in [-0.39, 0.29) is 0 Å². The Morgan fingerprint density at radius 1 is 0.424 bits per heavy atom. The fraction of sp³-hybridized carbons (Fsp3) is 0.0909. The zero-order valence-corrected chi connectivity index (χ0v) is 18.9. The van der Waals surface area contributed by atoms with Crippen LogP contribution >= 0.6 is 0 Å². The molecule has 0 spiro atoms. The second-order valence-corrected chi connectivity index (χ2v) is 9.43. The number of aryl methyl sites for hydroxylation is 2. The van der Waals surface area contributed by atoms with Crippen LogP contribution in [-0.2, 0) is 0 Å². The molecule has 0 amide bonds. The highest BCUT2D eigenvalue weighted by atomic mass is 14.4. The number of rotatable bonds is 2. The molecule has 0 saturated carbocycles. The Hall–Kier alpha value is -3.90. The maximum atomic E-state index is 2.41. The molecule has 0 fully saturated rings. The van der Waals surface area contributed by atoms with E-state index in [1.807, 2.05) is 0 Å². The van der Waals surface area contributed by atoms with Crippen LogP contribution in [0.15, 0.2) is 103 Å². The predicted octanol–water partition coefficient (Wildman–Crippen LogP) is 8.78. The first-order chi connectivity index (χ1) is 16.2. The third-order valence-electron chi connectivity index (χ3n) is 7.62. The van der Waals surface area contributed by atoms with Crippen molar-refractivity contribution < 1.29 is 0 Å². The number of fused-ring (bicyclic) bond motifs is 6. The van der Waals surface area contributed by atoms with Gasteiger partial charge in [0.05, 0.1) is 0 Å². The molecule has 1 atom stereocenters. The topological polar surface area (TPSA) is 0 Å². The van der Waals surface area contributed by atoms with Gasteiger partial charge in [-0.05, 0) is 98.3 Å². The van der Waals surface area contributed by atoms with Crippen molar-refractivity contribution in [3.05, 3.63) is 131 Å². The molecular weight excluding hydrogens is 396 g/mol. The maximum Gasteiger partial charge on any atom is 0.0364 e. The van der Waals surface area contributed by atoms with Crippen LogP contribution in [0.2, 0.25) is 0 Å². The van der Waals surface area contributed by atoms with Crippen molar-refractivity contribution in [2.75, 3.05) is 0 Å². The summed E-state index contributed by atoms with van der Waals surface area (Å²) in [6.45, 7) is 4.40. The Labute approximate surface area is 195 Å². The zero-order valence-electron chi connectivity index (χ0n) is 18.9. The molecular formula is C33H24. The average Bonchev–Trinajstić information content (AvgIpc) is 3.37. The summed E-state index contributed by atoms with van der Waals surface area (Å²) in [4.78, 5) is 0. The Kier molecular flexibility index (Phi) is 3.84. The van der Waals surface area contributed by atoms with Crippen molar-refractivity contribution in [1.29, 1.82) is 0 Å². The minimum absolute atomic E-state index is 0.372. The fourth-order valence-corrected chi connectivity index (χ4v) is 6.01. The molecule has 5 aromatic rings. The van der Waals surface area contributed by atoms with Crippen molar-refractivity contribution in [1.82, 2.24) is 0 Å². The minimum Gasteiger partial charge on any atom is -0.0620 e. The lowest BCUT2D eigenvalue weighted by Gasteiger charge is -2.14. The van der Waals surface area contributed by atoms with Crippen molar-refractivity contribution in [3.8, 4) is 44.5 Å². The first-order valence-electron chi connectivity index (χ1n) is 11.7. The number of hydrogen-bond donors (Lipinski definition) is 0. The Morgan fingerprint density at radius 2 is 1.00 bits per heavy atom. The van der Waals surface area contributed by atoms with Gasteiger partial charge in [0.25, 0.3) is 0 Å². The van der Waals surface area contributed by atoms with Gasteiger partial charge in [-0.2, -0.15) is 0 Å². The van der Waals surface area contributed by atoms with E-state index in [4.69, 9.17) is 0 Å². The van der Waals surface area contributed by atoms with Gasteiger partial charge in [-0.3, -0.25) is 0 Å². The molecule has 0 heteroatoms. The fourth-order valence-electron chi connectivity index (χ4n) is 6.01. The monoisotopic (exact) mass is 420 g/mol. The summed E-state index contributed by atoms with van der Waals surface area (Å²) >= 11 is 0. The van der Waals surface area contributed by atoms with Crippen LogP contribution in [-0.4, -0.2) is 0 Å². The van der Waals surface area contributed by atoms with Gasteiger partial charge in [0.2, 0.25) is 0 Å². The summed E-state index contributed by atoms with van der Waals surface area (Å²) in [5.41, 5.74) is 17.8. The molecule has 2 aliphatic carbocycles. The maximum absolute atomic E-state index is 2.41. The van der Waals surface area contributed by atoms with E-state index in [1.54, 1.807) is 0 Å². The molecule has 156 valence electrons. The summed E-state index contributed by atoms with van der Waals surface area (Å²) in [5.74, 6) is 0.372. The van der Waals surface area contributed by atoms with Gasteiger partial charge in [0.1, 0.15) is 0 Å². The van der Waals surface area contributed by atoms with Gasteiger partial charge in [-0.25, -0.2) is 0 Å². The predicted molar refractivity (Wildman–Crippen MR) is 139 cm³/mol. The smallest absolute Gasteiger partial charge is 0.0364 e. The molecule has 0 aromatic heterocycles. The summed E-state index contributed by atoms with van der Waals surface area (Å²) < 4.78 is 0. The Morgan fingerprint density at radius 3 is 1.82 bits per heavy atom. The quantitative estimate of drug-likeness (QED) is 0.262. The van der Waals surface area contributed by atoms with E-state index in [0.29, 0.717) is 5.92 Å². The van der Waals surface area contributed by atoms with Gasteiger partial charge in [0, 0.05) is 5.92 Å². The van der Waals surface area contributed by atoms with Crippen LogP contribution in [0.5, 0.6) is 0 Å². The van der Waals surface area contributed by atoms with Crippen molar-refractivity contribution in [3.63, 3.8) is 0 Å². The van der Waals surface area contributed by atoms with E-state index in [2.05, 4.69) is 117 Å². The van der Waals surface area contributed by atoms with Crippen molar-refractivity contribution >= 4 is 0 Å². The molecule has 0 heterocycles. The first kappa shape index (κ1) is 18.7. The van der Waals surface area contributed by atoms with E-state index in [1.165, 1.54) is 72.3 Å². The van der Waals surface area contributed by atoms with Crippen LogP contribution < -0.4 is 0 Å². The Bertz CT molecular complexity index is 1580. The van der Waals surface area contributed by atoms with Crippen LogP contribution in [0, 0.1) is 13.8 Å². The molecule has 1 unspecified atom stereocenters. The number of benzene rings is 5. The van der Waals surface area contributed by atoms with E-state index in [9.17, 15) is 0 Å². The van der Waals surface area contributed by atoms with Crippen molar-refractivity contribution in [2.24, 2.45) is 0 Å². The molecule has 33 heavy (non-hydrogen) atoms. The molecule has 0 N–H and O–H groups in total. The third-order valence-corrected chi connectivity index (χ3v) is 7.62. The molecule has 0 aliphatic heterocycles. The Balaban J connectivity index is 1.39. The van der Waals surface area contributed by atoms with Crippen molar-refractivity contribution in [2.45, 2.75) is 19.8 Å². The van der Waals surface area contributed by atoms with E-state index in [0.717, 1.165) is 0 Å². The van der Waals surface area contributed by atoms with Gasteiger partial charge >= 0.3 is 0 Å². The highest BCUT2D eigenvalue weighted by Crippen LogP contribution is 2.58. The van der Waals surface area contributed by atoms with Crippen LogP contribution in [0.3, 0.4) is 0 Å². The second-order valence-electron chi connectivity index (χ2n) is 9.43. The van der Waals surface area contributed by atoms with Gasteiger partial charge in [-0.15, -0.1) is 0 Å². The van der Waals surface area contributed by atoms with E-state index < -0.39 is 0 Å². The third kappa shape index (κ3) is 2.58. The molecule has 0 bridgehead atoms. The average molecular weight is 421 g/mol. The van der Waals surface area contributed by atoms with Crippen LogP contribution in [0.1, 0.15) is 33.7 Å². The van der Waals surface area contributed by atoms with Gasteiger partial charge in [-0.1, -0.05) is 91.0 Å². The highest BCUT2D eigenvalue weighted by Gasteiger charge is 2.38. The lowest BCUT2D eigenvalue weighted by molar-refractivity contribution is 1.06. The SMILES string of the molecule is Cc1ccccc1-c1cc(-c2ccc3c(c2)-c2cccc4c2C3c2ccccc2-4)ccc1C. The minimum atomic E-state index is 0.372. The largest absolute Gasteiger partial charge is 0.0620 e. The molecule has 2 aliphatic rings. The highest BCUT2D eigenvalue weighted by molar-refractivity contribution is 5.95. The van der Waals surface area contributed by atoms with Crippen LogP contribution in [0.25, 0.3) is 44.5 Å². The summed E-state index contributed by atoms with van der Waals surface area (Å²) in [7, 11) is 0. The van der Waals surface area contributed by atoms with Gasteiger partial charge in [0.15, 0.2) is 0 Å². The lowest BCUT2D eigenvalue weighted by atomic mass is 9.90. The second kappa shape index (κ2) is 6.80. The normalized spacial score (nSPS) is 14.7. The molecule has 5 aromatic carbocycles. The molecule has 7 rings (SSSR count). The van der Waals surface area contributed by atoms with Gasteiger partial charge < -0.3 is 0 Å². The molecule has 0 saturated heterocycles. The molecule has 0 nitrogen and oxygen atoms in total. The number of hydrogen-bond acceptors (Lipinski definition) is 0. The standard InChI is InChI=1S/C33H24/c1-20-8-3-4-9-24(20)30-18-22(15-14-21(30)2)23-16-17-29-31(19-23)28-13-7-12-27-25-10-5-6-11-26(25)33(29)32(27)28/h3-19,33H,1-2H3. The zero-order chi connectivity index (χ0) is 22.1. The first-order valence-corrected chi connectivity index (χ1v) is 11.7. The van der Waals surface area contributed by atoms with E-state index >= 15 is 0 Å². The summed E-state index contributed by atoms with van der Waals surface area (Å²) in [6, 6.07) is 38.4. The summed E-state index contributed by atoms with van der Waals surface area (Å²) in [5, 5.41) is 0. The summed E-state index contributed by atoms with van der Waals surface area (Å²) in [6.07, 6.45) is 0. The molecule has 0 radical (unpaired) electrons. The van der Waals surface area contributed by atoms with Crippen LogP contribution in [0.4, 0.5) is 0 Å². The lowest BCUT2D eigenvalue weighted by Crippen LogP contribution is -1.94.